The van der Waals surface area contributed by atoms with Gasteiger partial charge in [0.25, 0.3) is 11.8 Å². The van der Waals surface area contributed by atoms with E-state index in [0.717, 1.165) is 0 Å². The van der Waals surface area contributed by atoms with Gasteiger partial charge in [-0.05, 0) is 18.0 Å². The number of H-pyrrole nitrogens is 1. The molecule has 4 N–H and O–H groups in total. The van der Waals surface area contributed by atoms with Crippen molar-refractivity contribution in [2.24, 2.45) is 10.2 Å². The number of aromatic amines is 1. The highest BCUT2D eigenvalue weighted by molar-refractivity contribution is 6.30. The normalized spacial score (nSPS) is 10.7. The number of benzene rings is 2. The molecular weight excluding hydrogens is 346 g/mol. The molecule has 134 valence electrons. The Balaban J connectivity index is 2.06. The first kappa shape index (κ1) is 17.8. The fourth-order valence-corrected chi connectivity index (χ4v) is 2.60. The summed E-state index contributed by atoms with van der Waals surface area (Å²) < 4.78 is 0. The van der Waals surface area contributed by atoms with Gasteiger partial charge in [-0.3, -0.25) is 15.0 Å². The van der Waals surface area contributed by atoms with E-state index in [1.807, 2.05) is 0 Å². The maximum absolute atomic E-state index is 12.2. The number of nitrogens with zero attached hydrogens (tertiary/aromatic N) is 2. The number of rotatable bonds is 4. The number of amides is 2. The first-order chi connectivity index (χ1) is 13.1. The van der Waals surface area contributed by atoms with E-state index in [9.17, 15) is 14.7 Å². The number of hydrogen-bond acceptors (Lipinski definition) is 5. The molecule has 0 fully saturated rings. The van der Waals surface area contributed by atoms with Crippen molar-refractivity contribution >= 4 is 39.8 Å². The third-order valence-corrected chi connectivity index (χ3v) is 3.90. The molecule has 0 spiro atoms. The van der Waals surface area contributed by atoms with Gasteiger partial charge in [-0.2, -0.15) is 0 Å². The quantitative estimate of drug-likeness (QED) is 0.323. The van der Waals surface area contributed by atoms with Crippen LogP contribution in [0.1, 0.15) is 16.1 Å². The van der Waals surface area contributed by atoms with Gasteiger partial charge in [0.2, 0.25) is 0 Å². The highest BCUT2D eigenvalue weighted by Crippen LogP contribution is 2.32. The number of para-hydroxylation sites is 1. The molecule has 0 saturated heterocycles. The SMILES string of the molecule is CNC(=O)C(=C=N)c1[nH]c(N=NC(=O)c2ccccc2O)c2ccccc12. The van der Waals surface area contributed by atoms with Crippen LogP contribution in [0.15, 0.2) is 58.8 Å². The van der Waals surface area contributed by atoms with Crippen molar-refractivity contribution in [2.45, 2.75) is 0 Å². The lowest BCUT2D eigenvalue weighted by molar-refractivity contribution is -0.115. The van der Waals surface area contributed by atoms with Gasteiger partial charge >= 0.3 is 0 Å². The maximum atomic E-state index is 12.2. The zero-order chi connectivity index (χ0) is 19.4. The Morgan fingerprint density at radius 1 is 1.11 bits per heavy atom. The number of carbonyl (C=O) groups is 2. The molecule has 0 saturated carbocycles. The number of aromatic hydroxyl groups is 1. The van der Waals surface area contributed by atoms with Crippen LogP contribution in [-0.2, 0) is 4.79 Å². The Labute approximate surface area is 153 Å². The molecule has 0 aliphatic heterocycles. The third kappa shape index (κ3) is 3.37. The Kier molecular flexibility index (Phi) is 4.92. The van der Waals surface area contributed by atoms with Crippen LogP contribution in [0.5, 0.6) is 5.75 Å². The Morgan fingerprint density at radius 3 is 2.44 bits per heavy atom. The van der Waals surface area contributed by atoms with Gasteiger partial charge in [-0.25, -0.2) is 0 Å². The number of nitrogens with one attached hydrogen (secondary N) is 3. The van der Waals surface area contributed by atoms with Crippen molar-refractivity contribution in [3.05, 3.63) is 59.8 Å². The number of carbonyl (C=O) groups excluding carboxylic acids is 2. The summed E-state index contributed by atoms with van der Waals surface area (Å²) >= 11 is 0. The summed E-state index contributed by atoms with van der Waals surface area (Å²) in [6, 6.07) is 13.1. The minimum absolute atomic E-state index is 0.00202. The van der Waals surface area contributed by atoms with E-state index < -0.39 is 11.8 Å². The molecule has 2 aromatic carbocycles. The van der Waals surface area contributed by atoms with Crippen LogP contribution < -0.4 is 5.32 Å². The van der Waals surface area contributed by atoms with Crippen LogP contribution in [-0.4, -0.2) is 34.8 Å². The molecule has 0 atom stereocenters. The average molecular weight is 361 g/mol. The minimum atomic E-state index is -0.706. The summed E-state index contributed by atoms with van der Waals surface area (Å²) in [5.74, 6) is 1.00. The van der Waals surface area contributed by atoms with E-state index in [1.54, 1.807) is 36.4 Å². The lowest BCUT2D eigenvalue weighted by atomic mass is 10.1. The molecule has 3 aromatic rings. The first-order valence-corrected chi connectivity index (χ1v) is 7.93. The van der Waals surface area contributed by atoms with Crippen molar-refractivity contribution in [2.75, 3.05) is 7.05 Å². The zero-order valence-electron chi connectivity index (χ0n) is 14.3. The van der Waals surface area contributed by atoms with Crippen LogP contribution in [0, 0.1) is 5.41 Å². The summed E-state index contributed by atoms with van der Waals surface area (Å²) in [4.78, 5) is 27.1. The van der Waals surface area contributed by atoms with Crippen molar-refractivity contribution in [1.82, 2.24) is 10.3 Å². The second-order valence-electron chi connectivity index (χ2n) is 5.50. The van der Waals surface area contributed by atoms with Gasteiger partial charge in [0.1, 0.15) is 11.3 Å². The van der Waals surface area contributed by atoms with Crippen molar-refractivity contribution < 1.29 is 14.7 Å². The summed E-state index contributed by atoms with van der Waals surface area (Å²) in [6.45, 7) is 0. The lowest BCUT2D eigenvalue weighted by Crippen LogP contribution is -2.19. The highest BCUT2D eigenvalue weighted by atomic mass is 16.3. The van der Waals surface area contributed by atoms with E-state index in [-0.39, 0.29) is 22.7 Å². The average Bonchev–Trinajstić information content (AvgIpc) is 3.05. The van der Waals surface area contributed by atoms with Gasteiger partial charge in [-0.1, -0.05) is 36.4 Å². The van der Waals surface area contributed by atoms with Crippen LogP contribution >= 0.6 is 0 Å². The number of hydrogen-bond donors (Lipinski definition) is 4. The molecule has 1 aromatic heterocycles. The molecule has 27 heavy (non-hydrogen) atoms. The predicted octanol–water partition coefficient (Wildman–Crippen LogP) is 3.18. The van der Waals surface area contributed by atoms with Gasteiger partial charge in [-0.15, -0.1) is 10.2 Å². The third-order valence-electron chi connectivity index (χ3n) is 3.90. The van der Waals surface area contributed by atoms with Gasteiger partial charge in [0, 0.05) is 17.8 Å². The van der Waals surface area contributed by atoms with Crippen LogP contribution in [0.2, 0.25) is 0 Å². The molecule has 0 unspecified atom stereocenters. The minimum Gasteiger partial charge on any atom is -0.507 e. The monoisotopic (exact) mass is 361 g/mol. The van der Waals surface area contributed by atoms with Gasteiger partial charge in [0.15, 0.2) is 5.82 Å². The second kappa shape index (κ2) is 7.47. The molecule has 0 aliphatic carbocycles. The van der Waals surface area contributed by atoms with E-state index in [1.165, 1.54) is 19.2 Å². The molecule has 0 aliphatic rings. The largest absolute Gasteiger partial charge is 0.507 e. The fourth-order valence-electron chi connectivity index (χ4n) is 2.60. The molecule has 1 heterocycles. The smallest absolute Gasteiger partial charge is 0.299 e. The fraction of sp³-hybridized carbons (Fsp3) is 0.0526. The van der Waals surface area contributed by atoms with E-state index in [4.69, 9.17) is 5.41 Å². The Morgan fingerprint density at radius 2 is 1.78 bits per heavy atom. The number of fused-ring (bicyclic) bond motifs is 1. The topological polar surface area (TPSA) is 131 Å². The van der Waals surface area contributed by atoms with Crippen molar-refractivity contribution in [1.29, 1.82) is 5.41 Å². The molecule has 0 bridgehead atoms. The molecule has 3 rings (SSSR count). The van der Waals surface area contributed by atoms with Crippen LogP contribution in [0.3, 0.4) is 0 Å². The standard InChI is InChI=1S/C19H15N5O3/c1-21-18(26)14(10-20)16-11-6-2-3-7-12(11)17(22-16)23-24-19(27)13-8-4-5-9-15(13)25/h2-9,20,22,25H,1H3,(H,21,26). The lowest BCUT2D eigenvalue weighted by Gasteiger charge is -2.01. The first-order valence-electron chi connectivity index (χ1n) is 7.93. The van der Waals surface area contributed by atoms with E-state index >= 15 is 0 Å². The number of azo groups is 1. The predicted molar refractivity (Wildman–Crippen MR) is 100 cm³/mol. The number of phenolic OH excluding ortho intramolecular Hbond substituents is 1. The van der Waals surface area contributed by atoms with Crippen LogP contribution in [0.25, 0.3) is 16.3 Å². The van der Waals surface area contributed by atoms with Crippen LogP contribution in [0.4, 0.5) is 5.82 Å². The molecular formula is C19H15N5O3. The molecule has 2 amide bonds. The van der Waals surface area contributed by atoms with Crippen molar-refractivity contribution in [3.63, 3.8) is 0 Å². The van der Waals surface area contributed by atoms with E-state index in [0.29, 0.717) is 16.5 Å². The number of likely N-dealkylation sites (N-methyl/N-ethyl adjacent to an activating group) is 1. The maximum Gasteiger partial charge on any atom is 0.299 e. The second-order valence-corrected chi connectivity index (χ2v) is 5.50. The molecule has 8 heteroatoms. The summed E-state index contributed by atoms with van der Waals surface area (Å²) in [7, 11) is 1.45. The Hall–Kier alpha value is -4.03. The molecule has 8 nitrogen and oxygen atoms in total. The number of aromatic nitrogens is 1. The zero-order valence-corrected chi connectivity index (χ0v) is 14.3. The van der Waals surface area contributed by atoms with E-state index in [2.05, 4.69) is 26.4 Å². The summed E-state index contributed by atoms with van der Waals surface area (Å²) in [5, 5.41) is 28.5. The Bertz CT molecular complexity index is 1120. The molecule has 0 radical (unpaired) electrons. The highest BCUT2D eigenvalue weighted by Gasteiger charge is 2.18. The number of phenols is 1. The summed E-state index contributed by atoms with van der Waals surface area (Å²) in [5.41, 5.74) is 0.383. The summed E-state index contributed by atoms with van der Waals surface area (Å²) in [6.07, 6.45) is 0. The van der Waals surface area contributed by atoms with Crippen molar-refractivity contribution in [3.8, 4) is 5.75 Å². The van der Waals surface area contributed by atoms with Gasteiger partial charge in [0.05, 0.1) is 11.3 Å². The van der Waals surface area contributed by atoms with Gasteiger partial charge < -0.3 is 15.4 Å².